The quantitative estimate of drug-likeness (QED) is 0.747. The van der Waals surface area contributed by atoms with Gasteiger partial charge in [-0.3, -0.25) is 4.79 Å². The van der Waals surface area contributed by atoms with Crippen molar-refractivity contribution in [2.24, 2.45) is 0 Å². The van der Waals surface area contributed by atoms with Crippen LogP contribution < -0.4 is 10.1 Å². The van der Waals surface area contributed by atoms with Crippen LogP contribution in [0.3, 0.4) is 0 Å². The third-order valence-electron chi connectivity index (χ3n) is 5.14. The van der Waals surface area contributed by atoms with Crippen molar-refractivity contribution in [2.45, 2.75) is 45.9 Å². The molecule has 3 aromatic rings. The maximum Gasteiger partial charge on any atom is 0.268 e. The minimum atomic E-state index is -0.0385. The highest BCUT2D eigenvalue weighted by Crippen LogP contribution is 2.34. The van der Waals surface area contributed by atoms with Gasteiger partial charge in [-0.1, -0.05) is 50.2 Å². The van der Waals surface area contributed by atoms with Crippen LogP contribution in [0.4, 0.5) is 0 Å². The highest BCUT2D eigenvalue weighted by atomic mass is 16.5. The Bertz CT molecular complexity index is 941. The van der Waals surface area contributed by atoms with Crippen molar-refractivity contribution in [1.29, 1.82) is 0 Å². The van der Waals surface area contributed by atoms with E-state index in [-0.39, 0.29) is 12.0 Å². The lowest BCUT2D eigenvalue weighted by molar-refractivity contribution is 0.0935. The van der Waals surface area contributed by atoms with E-state index in [1.165, 1.54) is 5.56 Å². The number of para-hydroxylation sites is 1. The van der Waals surface area contributed by atoms with Gasteiger partial charge < -0.3 is 14.6 Å². The van der Waals surface area contributed by atoms with E-state index in [4.69, 9.17) is 4.74 Å². The highest BCUT2D eigenvalue weighted by molar-refractivity contribution is 6.00. The first-order valence-electron chi connectivity index (χ1n) is 9.34. The van der Waals surface area contributed by atoms with E-state index in [0.29, 0.717) is 18.8 Å². The van der Waals surface area contributed by atoms with Crippen molar-refractivity contribution in [1.82, 2.24) is 9.88 Å². The van der Waals surface area contributed by atoms with E-state index >= 15 is 0 Å². The van der Waals surface area contributed by atoms with Crippen LogP contribution in [0.5, 0.6) is 5.75 Å². The molecule has 4 rings (SSSR count). The summed E-state index contributed by atoms with van der Waals surface area (Å²) in [4.78, 5) is 12.8. The lowest BCUT2D eigenvalue weighted by Gasteiger charge is -2.26. The zero-order valence-electron chi connectivity index (χ0n) is 15.3. The zero-order chi connectivity index (χ0) is 18.1. The van der Waals surface area contributed by atoms with Crippen LogP contribution >= 0.6 is 0 Å². The van der Waals surface area contributed by atoms with Gasteiger partial charge in [-0.2, -0.15) is 0 Å². The summed E-state index contributed by atoms with van der Waals surface area (Å²) in [6, 6.07) is 16.4. The molecule has 1 atom stereocenters. The van der Waals surface area contributed by atoms with Crippen LogP contribution in [0.25, 0.3) is 10.9 Å². The first kappa shape index (κ1) is 16.7. The monoisotopic (exact) mass is 348 g/mol. The SMILES string of the molecule is CCc1ccc(CNC(=O)c2cc3cccc4c3n2C[C@H](CC)O4)cc1. The van der Waals surface area contributed by atoms with Crippen molar-refractivity contribution in [3.63, 3.8) is 0 Å². The Balaban J connectivity index is 1.58. The molecule has 1 N–H and O–H groups in total. The standard InChI is InChI=1S/C22H24N2O2/c1-3-15-8-10-16(11-9-15)13-23-22(25)19-12-17-6-5-7-20-21(17)24(19)14-18(4-2)26-20/h5-12,18H,3-4,13-14H2,1-2H3,(H,23,25)/t18-/m0/s1. The molecular formula is C22H24N2O2. The van der Waals surface area contributed by atoms with E-state index in [1.54, 1.807) is 0 Å². The molecule has 134 valence electrons. The summed E-state index contributed by atoms with van der Waals surface area (Å²) < 4.78 is 8.15. The van der Waals surface area contributed by atoms with E-state index in [9.17, 15) is 4.79 Å². The van der Waals surface area contributed by atoms with Gasteiger partial charge in [0, 0.05) is 11.9 Å². The third-order valence-corrected chi connectivity index (χ3v) is 5.14. The number of nitrogens with zero attached hydrogens (tertiary/aromatic N) is 1. The predicted octanol–water partition coefficient (Wildman–Crippen LogP) is 4.30. The van der Waals surface area contributed by atoms with Gasteiger partial charge in [0.05, 0.1) is 12.1 Å². The van der Waals surface area contributed by atoms with Crippen LogP contribution in [0, 0.1) is 0 Å². The number of rotatable bonds is 5. The Kier molecular flexibility index (Phi) is 4.41. The van der Waals surface area contributed by atoms with Crippen molar-refractivity contribution >= 4 is 16.8 Å². The van der Waals surface area contributed by atoms with E-state index in [2.05, 4.69) is 48.0 Å². The molecule has 0 aliphatic carbocycles. The molecule has 1 amide bonds. The van der Waals surface area contributed by atoms with Crippen molar-refractivity contribution in [3.8, 4) is 5.75 Å². The van der Waals surface area contributed by atoms with E-state index in [1.807, 2.05) is 24.3 Å². The zero-order valence-corrected chi connectivity index (χ0v) is 15.3. The predicted molar refractivity (Wildman–Crippen MR) is 104 cm³/mol. The average molecular weight is 348 g/mol. The highest BCUT2D eigenvalue weighted by Gasteiger charge is 2.25. The summed E-state index contributed by atoms with van der Waals surface area (Å²) in [5.41, 5.74) is 4.15. The molecule has 0 bridgehead atoms. The molecule has 2 heterocycles. The van der Waals surface area contributed by atoms with Gasteiger partial charge in [-0.25, -0.2) is 0 Å². The fraction of sp³-hybridized carbons (Fsp3) is 0.318. The number of aromatic nitrogens is 1. The molecule has 26 heavy (non-hydrogen) atoms. The number of ether oxygens (including phenoxy) is 1. The van der Waals surface area contributed by atoms with Gasteiger partial charge in [0.1, 0.15) is 17.5 Å². The van der Waals surface area contributed by atoms with Gasteiger partial charge in [0.25, 0.3) is 5.91 Å². The summed E-state index contributed by atoms with van der Waals surface area (Å²) in [6.45, 7) is 5.50. The van der Waals surface area contributed by atoms with Gasteiger partial charge in [-0.15, -0.1) is 0 Å². The third kappa shape index (κ3) is 2.96. The lowest BCUT2D eigenvalue weighted by Crippen LogP contribution is -2.31. The smallest absolute Gasteiger partial charge is 0.268 e. The fourth-order valence-electron chi connectivity index (χ4n) is 3.56. The second kappa shape index (κ2) is 6.87. The number of carbonyl (C=O) groups is 1. The Labute approximate surface area is 153 Å². The molecular weight excluding hydrogens is 324 g/mol. The number of benzene rings is 2. The van der Waals surface area contributed by atoms with Crippen LogP contribution in [0.1, 0.15) is 41.9 Å². The maximum absolute atomic E-state index is 12.8. The number of carbonyl (C=O) groups excluding carboxylic acids is 1. The Hall–Kier alpha value is -2.75. The normalized spacial score (nSPS) is 15.7. The van der Waals surface area contributed by atoms with Crippen LogP contribution in [-0.2, 0) is 19.5 Å². The Morgan fingerprint density at radius 3 is 2.65 bits per heavy atom. The second-order valence-corrected chi connectivity index (χ2v) is 6.84. The van der Waals surface area contributed by atoms with Gasteiger partial charge in [0.15, 0.2) is 0 Å². The summed E-state index contributed by atoms with van der Waals surface area (Å²) in [6.07, 6.45) is 2.04. The van der Waals surface area contributed by atoms with Crippen molar-refractivity contribution < 1.29 is 9.53 Å². The topological polar surface area (TPSA) is 43.3 Å². The summed E-state index contributed by atoms with van der Waals surface area (Å²) in [5.74, 6) is 0.832. The average Bonchev–Trinajstić information content (AvgIpc) is 3.06. The molecule has 0 radical (unpaired) electrons. The second-order valence-electron chi connectivity index (χ2n) is 6.84. The number of hydrogen-bond donors (Lipinski definition) is 1. The molecule has 4 heteroatoms. The molecule has 0 saturated heterocycles. The molecule has 0 spiro atoms. The van der Waals surface area contributed by atoms with Crippen molar-refractivity contribution in [2.75, 3.05) is 0 Å². The minimum Gasteiger partial charge on any atom is -0.486 e. The molecule has 0 saturated carbocycles. The number of hydrogen-bond acceptors (Lipinski definition) is 2. The Morgan fingerprint density at radius 1 is 1.15 bits per heavy atom. The molecule has 4 nitrogen and oxygen atoms in total. The molecule has 1 aliphatic rings. The van der Waals surface area contributed by atoms with Crippen LogP contribution in [-0.4, -0.2) is 16.6 Å². The molecule has 0 unspecified atom stereocenters. The molecule has 2 aromatic carbocycles. The Morgan fingerprint density at radius 2 is 1.92 bits per heavy atom. The first-order valence-corrected chi connectivity index (χ1v) is 9.34. The largest absolute Gasteiger partial charge is 0.486 e. The minimum absolute atomic E-state index is 0.0385. The summed E-state index contributed by atoms with van der Waals surface area (Å²) >= 11 is 0. The number of amides is 1. The number of aryl methyl sites for hydroxylation is 1. The van der Waals surface area contributed by atoms with Gasteiger partial charge in [0.2, 0.25) is 0 Å². The van der Waals surface area contributed by atoms with E-state index < -0.39 is 0 Å². The fourth-order valence-corrected chi connectivity index (χ4v) is 3.56. The van der Waals surface area contributed by atoms with Gasteiger partial charge in [-0.05, 0) is 36.1 Å². The van der Waals surface area contributed by atoms with Gasteiger partial charge >= 0.3 is 0 Å². The summed E-state index contributed by atoms with van der Waals surface area (Å²) in [7, 11) is 0. The number of nitrogens with one attached hydrogen (secondary N) is 1. The van der Waals surface area contributed by atoms with Crippen LogP contribution in [0.15, 0.2) is 48.5 Å². The molecule has 1 aliphatic heterocycles. The summed E-state index contributed by atoms with van der Waals surface area (Å²) in [5, 5.41) is 4.11. The molecule has 0 fully saturated rings. The van der Waals surface area contributed by atoms with Crippen LogP contribution in [0.2, 0.25) is 0 Å². The maximum atomic E-state index is 12.8. The first-order chi connectivity index (χ1) is 12.7. The molecule has 1 aromatic heterocycles. The van der Waals surface area contributed by atoms with E-state index in [0.717, 1.165) is 35.1 Å². The lowest BCUT2D eigenvalue weighted by atomic mass is 10.1. The van der Waals surface area contributed by atoms with Crippen molar-refractivity contribution in [3.05, 3.63) is 65.4 Å².